The van der Waals surface area contributed by atoms with E-state index in [1.165, 1.54) is 379 Å². The number of nitrogens with one attached hydrogen (secondary N) is 1. The highest BCUT2D eigenvalue weighted by molar-refractivity contribution is 5.76. The van der Waals surface area contributed by atoms with Gasteiger partial charge in [-0.1, -0.05) is 411 Å². The van der Waals surface area contributed by atoms with Gasteiger partial charge in [0.05, 0.1) is 18.8 Å². The fraction of sp³-hybridized carbons (Fsp3) is 0.934. The van der Waals surface area contributed by atoms with E-state index in [-0.39, 0.29) is 12.5 Å². The minimum atomic E-state index is -0.659. The SMILES string of the molecule is CCCCCCC/C=C\C/C=C\CCCCCCCCCCCCCCCCCCCCCCCCCCCCCC(=O)NC(CO)C(O)CCCCCCCCCCCCCCCCCCCCCCCCCCCCCCC. The molecule has 0 aromatic heterocycles. The van der Waals surface area contributed by atoms with Gasteiger partial charge in [-0.05, 0) is 44.9 Å². The maximum Gasteiger partial charge on any atom is 0.220 e. The van der Waals surface area contributed by atoms with Crippen molar-refractivity contribution < 1.29 is 15.0 Å². The van der Waals surface area contributed by atoms with E-state index < -0.39 is 12.1 Å². The molecule has 1 amide bonds. The molecule has 4 nitrogen and oxygen atoms in total. The standard InChI is InChI=1S/C76H149NO3/c1-3-5-7-9-11-13-15-17-19-21-23-25-27-29-31-33-34-35-36-37-38-39-40-41-42-44-46-48-50-52-54-56-58-60-62-64-66-68-70-72-76(80)77-74(73-78)75(79)71-69-67-65-63-61-59-57-55-53-51-49-47-45-43-32-30-28-26-24-22-20-18-16-14-12-10-8-6-4-2/h15,17,21,23,74-75,78-79H,3-14,16,18-20,22,24-73H2,1-2H3,(H,77,80)/b17-15-,23-21-. The second-order valence-corrected chi connectivity index (χ2v) is 26.1. The predicted molar refractivity (Wildman–Crippen MR) is 359 cm³/mol. The first-order chi connectivity index (χ1) is 39.7. The Labute approximate surface area is 504 Å². The van der Waals surface area contributed by atoms with Gasteiger partial charge in [0.1, 0.15) is 0 Å². The van der Waals surface area contributed by atoms with Gasteiger partial charge in [0.15, 0.2) is 0 Å². The summed E-state index contributed by atoms with van der Waals surface area (Å²) in [5, 5.41) is 23.5. The smallest absolute Gasteiger partial charge is 0.220 e. The summed E-state index contributed by atoms with van der Waals surface area (Å²) in [7, 11) is 0. The Balaban J connectivity index is 3.35. The highest BCUT2D eigenvalue weighted by Crippen LogP contribution is 2.20. The molecule has 4 heteroatoms. The fourth-order valence-corrected chi connectivity index (χ4v) is 12.3. The van der Waals surface area contributed by atoms with Crippen molar-refractivity contribution in [3.63, 3.8) is 0 Å². The highest BCUT2D eigenvalue weighted by atomic mass is 16.3. The normalized spacial score (nSPS) is 12.7. The molecular formula is C76H149NO3. The minimum absolute atomic E-state index is 0.0202. The molecule has 0 saturated carbocycles. The van der Waals surface area contributed by atoms with E-state index in [1.54, 1.807) is 0 Å². The molecule has 0 radical (unpaired) electrons. The Hall–Kier alpha value is -1.13. The lowest BCUT2D eigenvalue weighted by molar-refractivity contribution is -0.123. The number of aliphatic hydroxyl groups excluding tert-OH is 2. The van der Waals surface area contributed by atoms with Crippen LogP contribution < -0.4 is 5.32 Å². The maximum absolute atomic E-state index is 12.6. The van der Waals surface area contributed by atoms with Crippen LogP contribution in [0.3, 0.4) is 0 Å². The first-order valence-electron chi connectivity index (χ1n) is 37.5. The van der Waals surface area contributed by atoms with Gasteiger partial charge >= 0.3 is 0 Å². The molecule has 80 heavy (non-hydrogen) atoms. The van der Waals surface area contributed by atoms with Gasteiger partial charge in [-0.2, -0.15) is 0 Å². The highest BCUT2D eigenvalue weighted by Gasteiger charge is 2.20. The first-order valence-corrected chi connectivity index (χ1v) is 37.5. The van der Waals surface area contributed by atoms with Gasteiger partial charge in [0, 0.05) is 6.42 Å². The zero-order chi connectivity index (χ0) is 57.6. The molecule has 0 bridgehead atoms. The van der Waals surface area contributed by atoms with Gasteiger partial charge in [0.25, 0.3) is 0 Å². The Morgan fingerprint density at radius 1 is 0.300 bits per heavy atom. The fourth-order valence-electron chi connectivity index (χ4n) is 12.3. The van der Waals surface area contributed by atoms with Crippen LogP contribution in [0.5, 0.6) is 0 Å². The molecule has 0 aromatic rings. The van der Waals surface area contributed by atoms with Crippen LogP contribution in [0.15, 0.2) is 24.3 Å². The molecule has 2 atom stereocenters. The summed E-state index contributed by atoms with van der Waals surface area (Å²) in [4.78, 5) is 12.6. The molecule has 0 spiro atoms. The van der Waals surface area contributed by atoms with Crippen molar-refractivity contribution in [3.8, 4) is 0 Å². The number of unbranched alkanes of at least 4 members (excludes halogenated alkanes) is 60. The first kappa shape index (κ1) is 78.9. The molecule has 3 N–H and O–H groups in total. The van der Waals surface area contributed by atoms with Crippen molar-refractivity contribution in [1.82, 2.24) is 5.32 Å². The topological polar surface area (TPSA) is 69.6 Å². The summed E-state index contributed by atoms with van der Waals surface area (Å²) < 4.78 is 0. The van der Waals surface area contributed by atoms with Gasteiger partial charge in [0.2, 0.25) is 5.91 Å². The van der Waals surface area contributed by atoms with Crippen molar-refractivity contribution in [2.24, 2.45) is 0 Å². The molecule has 0 rings (SSSR count). The third-order valence-electron chi connectivity index (χ3n) is 18.0. The van der Waals surface area contributed by atoms with Crippen LogP contribution in [0, 0.1) is 0 Å². The lowest BCUT2D eigenvalue weighted by Crippen LogP contribution is -2.45. The monoisotopic (exact) mass is 1120 g/mol. The number of aliphatic hydroxyl groups is 2. The average molecular weight is 1130 g/mol. The number of rotatable bonds is 71. The zero-order valence-electron chi connectivity index (χ0n) is 55.1. The largest absolute Gasteiger partial charge is 0.394 e. The van der Waals surface area contributed by atoms with E-state index in [4.69, 9.17) is 0 Å². The summed E-state index contributed by atoms with van der Waals surface area (Å²) in [6.07, 6.45) is 98.4. The number of carbonyl (C=O) groups excluding carboxylic acids is 1. The van der Waals surface area contributed by atoms with Crippen LogP contribution in [0.25, 0.3) is 0 Å². The van der Waals surface area contributed by atoms with Gasteiger partial charge < -0.3 is 15.5 Å². The van der Waals surface area contributed by atoms with Crippen LogP contribution in [0.4, 0.5) is 0 Å². The van der Waals surface area contributed by atoms with E-state index in [1.807, 2.05) is 0 Å². The van der Waals surface area contributed by atoms with Crippen LogP contribution in [-0.2, 0) is 4.79 Å². The third kappa shape index (κ3) is 67.7. The molecule has 0 saturated heterocycles. The van der Waals surface area contributed by atoms with Crippen molar-refractivity contribution >= 4 is 5.91 Å². The Bertz CT molecular complexity index is 1180. The van der Waals surface area contributed by atoms with Gasteiger partial charge in [-0.3, -0.25) is 4.79 Å². The number of hydrogen-bond donors (Lipinski definition) is 3. The Morgan fingerprint density at radius 2 is 0.512 bits per heavy atom. The van der Waals surface area contributed by atoms with Crippen molar-refractivity contribution in [2.45, 2.75) is 450 Å². The summed E-state index contributed by atoms with van der Waals surface area (Å²) in [5.41, 5.74) is 0. The van der Waals surface area contributed by atoms with E-state index in [2.05, 4.69) is 43.5 Å². The number of amides is 1. The van der Waals surface area contributed by atoms with Crippen molar-refractivity contribution in [3.05, 3.63) is 24.3 Å². The summed E-state index contributed by atoms with van der Waals surface area (Å²) >= 11 is 0. The molecule has 0 aromatic carbocycles. The van der Waals surface area contributed by atoms with Crippen molar-refractivity contribution in [2.75, 3.05) is 6.61 Å². The molecular weight excluding hydrogens is 975 g/mol. The van der Waals surface area contributed by atoms with E-state index in [9.17, 15) is 15.0 Å². The minimum Gasteiger partial charge on any atom is -0.394 e. The van der Waals surface area contributed by atoms with Crippen LogP contribution in [-0.4, -0.2) is 34.9 Å². The predicted octanol–water partition coefficient (Wildman–Crippen LogP) is 25.7. The third-order valence-corrected chi connectivity index (χ3v) is 18.0. The summed E-state index contributed by atoms with van der Waals surface area (Å²) in [6, 6.07) is -0.535. The molecule has 0 fully saturated rings. The van der Waals surface area contributed by atoms with E-state index in [0.29, 0.717) is 12.8 Å². The van der Waals surface area contributed by atoms with Gasteiger partial charge in [-0.25, -0.2) is 0 Å². The Kier molecular flexibility index (Phi) is 71.1. The van der Waals surface area contributed by atoms with E-state index >= 15 is 0 Å². The quantitative estimate of drug-likeness (QED) is 0.0420. The second kappa shape index (κ2) is 72.1. The van der Waals surface area contributed by atoms with Crippen LogP contribution >= 0.6 is 0 Å². The van der Waals surface area contributed by atoms with Gasteiger partial charge in [-0.15, -0.1) is 0 Å². The number of allylic oxidation sites excluding steroid dienone is 4. The summed E-state index contributed by atoms with van der Waals surface area (Å²) in [6.45, 7) is 4.40. The van der Waals surface area contributed by atoms with Crippen LogP contribution in [0.2, 0.25) is 0 Å². The molecule has 0 aliphatic carbocycles. The molecule has 2 unspecified atom stereocenters. The molecule has 0 aliphatic heterocycles. The lowest BCUT2D eigenvalue weighted by Gasteiger charge is -2.22. The molecule has 0 heterocycles. The molecule has 476 valence electrons. The number of carbonyl (C=O) groups is 1. The van der Waals surface area contributed by atoms with Crippen LogP contribution in [0.1, 0.15) is 438 Å². The number of hydrogen-bond acceptors (Lipinski definition) is 3. The van der Waals surface area contributed by atoms with E-state index in [0.717, 1.165) is 32.1 Å². The second-order valence-electron chi connectivity index (χ2n) is 26.1. The maximum atomic E-state index is 12.6. The molecule has 0 aliphatic rings. The average Bonchev–Trinajstić information content (AvgIpc) is 3.46. The lowest BCUT2D eigenvalue weighted by atomic mass is 10.0. The summed E-state index contributed by atoms with van der Waals surface area (Å²) in [5.74, 6) is -0.0202. The zero-order valence-corrected chi connectivity index (χ0v) is 55.1. The van der Waals surface area contributed by atoms with Crippen molar-refractivity contribution in [1.29, 1.82) is 0 Å². The Morgan fingerprint density at radius 3 is 0.750 bits per heavy atom.